The van der Waals surface area contributed by atoms with Gasteiger partial charge in [0.1, 0.15) is 22.6 Å². The zero-order valence-electron chi connectivity index (χ0n) is 24.2. The van der Waals surface area contributed by atoms with E-state index in [-0.39, 0.29) is 50.8 Å². The second-order valence-electron chi connectivity index (χ2n) is 10.6. The maximum Gasteiger partial charge on any atom is 0.279 e. The Balaban J connectivity index is 1.59. The van der Waals surface area contributed by atoms with E-state index in [0.29, 0.717) is 45.8 Å². The summed E-state index contributed by atoms with van der Waals surface area (Å²) in [4.78, 5) is 67.9. The summed E-state index contributed by atoms with van der Waals surface area (Å²) in [5.74, 6) is -0.678. The average Bonchev–Trinajstić information content (AvgIpc) is 3.03. The number of rotatable bonds is 9. The van der Waals surface area contributed by atoms with Gasteiger partial charge in [-0.15, -0.1) is 0 Å². The quantitative estimate of drug-likeness (QED) is 0.0668. The summed E-state index contributed by atoms with van der Waals surface area (Å²) in [6.45, 7) is 5.08. The molecular formula is C32H29N7O5. The van der Waals surface area contributed by atoms with Gasteiger partial charge < -0.3 is 15.6 Å². The van der Waals surface area contributed by atoms with Crippen LogP contribution in [0.3, 0.4) is 0 Å². The van der Waals surface area contributed by atoms with Crippen LogP contribution in [-0.2, 0) is 0 Å². The number of pyridine rings is 4. The monoisotopic (exact) mass is 591 g/mol. The first-order valence-electron chi connectivity index (χ1n) is 14.6. The molecule has 2 amide bonds. The van der Waals surface area contributed by atoms with Crippen LogP contribution >= 0.6 is 0 Å². The Morgan fingerprint density at radius 1 is 0.773 bits per heavy atom. The van der Waals surface area contributed by atoms with Gasteiger partial charge in [0.05, 0.1) is 32.2 Å². The lowest BCUT2D eigenvalue weighted by molar-refractivity contribution is -0.382. The fraction of sp³-hybridized carbons (Fsp3) is 0.250. The molecule has 222 valence electrons. The van der Waals surface area contributed by atoms with Gasteiger partial charge in [-0.3, -0.25) is 24.5 Å². The number of aromatic amines is 1. The number of nitrogens with zero attached hydrogens (tertiary/aromatic N) is 4. The van der Waals surface area contributed by atoms with Gasteiger partial charge in [-0.05, 0) is 37.1 Å². The third-order valence-electron chi connectivity index (χ3n) is 7.63. The summed E-state index contributed by atoms with van der Waals surface area (Å²) in [6, 6.07) is 12.7. The van der Waals surface area contributed by atoms with Crippen molar-refractivity contribution in [2.24, 2.45) is 0 Å². The second-order valence-corrected chi connectivity index (χ2v) is 10.6. The maximum absolute atomic E-state index is 13.8. The molecule has 4 aromatic heterocycles. The number of carbonyl (C=O) groups excluding carboxylic acids is 2. The Labute approximate surface area is 250 Å². The second kappa shape index (κ2) is 11.6. The van der Waals surface area contributed by atoms with E-state index in [1.54, 1.807) is 30.3 Å². The molecule has 0 spiro atoms. The molecule has 12 heteroatoms. The number of benzene rings is 2. The molecule has 2 aromatic carbocycles. The molecule has 12 nitrogen and oxygen atoms in total. The summed E-state index contributed by atoms with van der Waals surface area (Å²) in [6.07, 6.45) is 3.52. The number of nitro benzene ring substituents is 1. The van der Waals surface area contributed by atoms with Crippen molar-refractivity contribution in [1.29, 1.82) is 0 Å². The number of nitrogens with one attached hydrogen (secondary N) is 3. The fourth-order valence-corrected chi connectivity index (χ4v) is 5.27. The molecule has 0 unspecified atom stereocenters. The average molecular weight is 592 g/mol. The van der Waals surface area contributed by atoms with E-state index in [2.05, 4.69) is 30.6 Å². The first-order valence-corrected chi connectivity index (χ1v) is 14.6. The molecule has 0 radical (unpaired) electrons. The third-order valence-corrected chi connectivity index (χ3v) is 7.63. The highest BCUT2D eigenvalue weighted by atomic mass is 16.6. The molecule has 0 saturated heterocycles. The largest absolute Gasteiger partial charge is 0.351 e. The van der Waals surface area contributed by atoms with E-state index in [1.165, 1.54) is 18.2 Å². The van der Waals surface area contributed by atoms with Gasteiger partial charge >= 0.3 is 0 Å². The van der Waals surface area contributed by atoms with Crippen LogP contribution in [0.2, 0.25) is 0 Å². The van der Waals surface area contributed by atoms with Crippen molar-refractivity contribution in [2.45, 2.75) is 39.5 Å². The fourth-order valence-electron chi connectivity index (χ4n) is 5.27. The normalized spacial score (nSPS) is 11.5. The smallest absolute Gasteiger partial charge is 0.279 e. The predicted octanol–water partition coefficient (Wildman–Crippen LogP) is 5.29. The van der Waals surface area contributed by atoms with Crippen molar-refractivity contribution in [3.05, 3.63) is 80.3 Å². The lowest BCUT2D eigenvalue weighted by atomic mass is 10.0. The number of carbonyl (C=O) groups is 2. The minimum atomic E-state index is -0.527. The number of nitro groups is 1. The van der Waals surface area contributed by atoms with Crippen molar-refractivity contribution in [2.75, 3.05) is 13.1 Å². The number of fused-ring (bicyclic) bond motifs is 7. The van der Waals surface area contributed by atoms with Crippen LogP contribution in [0.5, 0.6) is 0 Å². The van der Waals surface area contributed by atoms with E-state index < -0.39 is 10.4 Å². The highest BCUT2D eigenvalue weighted by Crippen LogP contribution is 2.33. The molecule has 0 fully saturated rings. The Hall–Kier alpha value is -5.52. The Morgan fingerprint density at radius 2 is 1.39 bits per heavy atom. The molecular weight excluding hydrogens is 562 g/mol. The summed E-state index contributed by atoms with van der Waals surface area (Å²) in [5.41, 5.74) is 1.17. The molecule has 0 aliphatic heterocycles. The molecule has 0 atom stereocenters. The Kier molecular flexibility index (Phi) is 7.56. The molecule has 3 N–H and O–H groups in total. The molecule has 0 aliphatic carbocycles. The molecule has 0 saturated carbocycles. The van der Waals surface area contributed by atoms with Gasteiger partial charge in [-0.1, -0.05) is 44.9 Å². The van der Waals surface area contributed by atoms with E-state index >= 15 is 0 Å². The van der Waals surface area contributed by atoms with Crippen LogP contribution in [0.15, 0.2) is 53.3 Å². The van der Waals surface area contributed by atoms with E-state index in [4.69, 9.17) is 0 Å². The number of H-pyrrole nitrogens is 1. The number of aromatic nitrogens is 4. The maximum atomic E-state index is 13.8. The van der Waals surface area contributed by atoms with Gasteiger partial charge in [0.15, 0.2) is 5.43 Å². The van der Waals surface area contributed by atoms with Crippen molar-refractivity contribution in [3.63, 3.8) is 0 Å². The summed E-state index contributed by atoms with van der Waals surface area (Å²) >= 11 is 0. The third kappa shape index (κ3) is 5.04. The highest BCUT2D eigenvalue weighted by Gasteiger charge is 2.21. The molecule has 0 aliphatic rings. The van der Waals surface area contributed by atoms with Crippen molar-refractivity contribution in [3.8, 4) is 0 Å². The lowest BCUT2D eigenvalue weighted by Gasteiger charge is -2.10. The first kappa shape index (κ1) is 28.6. The van der Waals surface area contributed by atoms with Crippen molar-refractivity contribution < 1.29 is 14.5 Å². The summed E-state index contributed by atoms with van der Waals surface area (Å²) in [5, 5.41) is 19.5. The van der Waals surface area contributed by atoms with Gasteiger partial charge in [-0.2, -0.15) is 0 Å². The van der Waals surface area contributed by atoms with E-state index in [9.17, 15) is 24.5 Å². The molecule has 44 heavy (non-hydrogen) atoms. The zero-order valence-corrected chi connectivity index (χ0v) is 24.2. The highest BCUT2D eigenvalue weighted by molar-refractivity contribution is 6.13. The van der Waals surface area contributed by atoms with E-state index in [0.717, 1.165) is 25.7 Å². The number of unbranched alkanes of at least 4 members (excludes halogenated alkanes) is 2. The SMILES string of the molecule is CCCCNC(=O)c1ccc2cc([N+](=O)[O-])c3cc4c(=O)c5ccc6ccc(C(=O)NCCCC)nc6c5[nH]c4nc3c2n1. The molecule has 6 rings (SSSR count). The van der Waals surface area contributed by atoms with Crippen molar-refractivity contribution >= 4 is 72.1 Å². The van der Waals surface area contributed by atoms with Crippen LogP contribution < -0.4 is 16.1 Å². The van der Waals surface area contributed by atoms with E-state index in [1.807, 2.05) is 13.8 Å². The lowest BCUT2D eigenvalue weighted by Crippen LogP contribution is -2.25. The Morgan fingerprint density at radius 3 is 2.02 bits per heavy atom. The summed E-state index contributed by atoms with van der Waals surface area (Å²) < 4.78 is 0. The Bertz CT molecular complexity index is 2210. The summed E-state index contributed by atoms with van der Waals surface area (Å²) in [7, 11) is 0. The first-order chi connectivity index (χ1) is 21.3. The number of amides is 2. The van der Waals surface area contributed by atoms with Crippen LogP contribution in [0.1, 0.15) is 60.5 Å². The molecule has 0 bridgehead atoms. The number of hydrogen-bond acceptors (Lipinski definition) is 8. The molecule has 6 aromatic rings. The molecule has 4 heterocycles. The minimum Gasteiger partial charge on any atom is -0.351 e. The van der Waals surface area contributed by atoms with Gasteiger partial charge in [0, 0.05) is 35.3 Å². The minimum absolute atomic E-state index is 0.126. The van der Waals surface area contributed by atoms with Crippen LogP contribution in [0, 0.1) is 10.1 Å². The number of non-ortho nitro benzene ring substituents is 1. The van der Waals surface area contributed by atoms with Crippen LogP contribution in [-0.4, -0.2) is 49.8 Å². The number of hydrogen-bond donors (Lipinski definition) is 3. The van der Waals surface area contributed by atoms with Gasteiger partial charge in [-0.25, -0.2) is 15.0 Å². The zero-order chi connectivity index (χ0) is 31.0. The van der Waals surface area contributed by atoms with Crippen LogP contribution in [0.25, 0.3) is 54.6 Å². The topological polar surface area (TPSA) is 173 Å². The standard InChI is InChI=1S/C32H29N7O5/c1-3-5-13-33-31(41)22-11-8-17-7-10-19-27(25(17)35-22)37-30-21(29(19)40)16-20-24(39(43)44)15-18-9-12-23(32(42)34-14-6-4-2)36-26(18)28(20)38-30/h7-12,15-16H,3-6,13-14H2,1-2H3,(H,33,41)(H,34,42)(H,37,38,40). The van der Waals surface area contributed by atoms with Crippen molar-refractivity contribution in [1.82, 2.24) is 30.6 Å². The van der Waals surface area contributed by atoms with Crippen LogP contribution in [0.4, 0.5) is 5.69 Å². The van der Waals surface area contributed by atoms with Gasteiger partial charge in [0.2, 0.25) is 0 Å². The van der Waals surface area contributed by atoms with Gasteiger partial charge in [0.25, 0.3) is 17.5 Å². The predicted molar refractivity (Wildman–Crippen MR) is 169 cm³/mol.